The Kier molecular flexibility index (Phi) is 2.67. The Morgan fingerprint density at radius 1 is 1.11 bits per heavy atom. The zero-order valence-electron chi connectivity index (χ0n) is 10.2. The van der Waals surface area contributed by atoms with Crippen molar-refractivity contribution >= 4 is 22.7 Å². The fourth-order valence-electron chi connectivity index (χ4n) is 1.97. The highest BCUT2D eigenvalue weighted by atomic mass is 19.1. The first-order valence-electron chi connectivity index (χ1n) is 5.78. The average molecular weight is 259 g/mol. The highest BCUT2D eigenvalue weighted by Crippen LogP contribution is 2.23. The van der Waals surface area contributed by atoms with Crippen molar-refractivity contribution in [3.8, 4) is 0 Å². The molecule has 19 heavy (non-hydrogen) atoms. The van der Waals surface area contributed by atoms with E-state index in [0.29, 0.717) is 5.95 Å². The van der Waals surface area contributed by atoms with Crippen LogP contribution in [0.2, 0.25) is 0 Å². The molecule has 96 valence electrons. The lowest BCUT2D eigenvalue weighted by atomic mass is 10.3. The first-order chi connectivity index (χ1) is 9.15. The fourth-order valence-corrected chi connectivity index (χ4v) is 1.97. The van der Waals surface area contributed by atoms with E-state index in [1.54, 1.807) is 0 Å². The van der Waals surface area contributed by atoms with E-state index in [1.165, 1.54) is 12.1 Å². The van der Waals surface area contributed by atoms with Gasteiger partial charge in [-0.05, 0) is 24.3 Å². The van der Waals surface area contributed by atoms with Gasteiger partial charge in [0.2, 0.25) is 5.95 Å². The number of fused-ring (bicyclic) bond motifs is 1. The summed E-state index contributed by atoms with van der Waals surface area (Å²) in [6.07, 6.45) is 0. The molecule has 0 saturated heterocycles. The lowest BCUT2D eigenvalue weighted by molar-refractivity contribution is 0.586. The minimum absolute atomic E-state index is 0.194. The van der Waals surface area contributed by atoms with Crippen molar-refractivity contribution in [3.63, 3.8) is 0 Å². The molecule has 0 aliphatic heterocycles. The van der Waals surface area contributed by atoms with Gasteiger partial charge in [0, 0.05) is 13.1 Å². The number of hydrogen-bond donors (Lipinski definition) is 1. The quantitative estimate of drug-likeness (QED) is 0.762. The van der Waals surface area contributed by atoms with Crippen molar-refractivity contribution in [3.05, 3.63) is 54.1 Å². The normalized spacial score (nSPS) is 10.9. The summed E-state index contributed by atoms with van der Waals surface area (Å²) in [6.45, 7) is 0. The van der Waals surface area contributed by atoms with E-state index in [-0.39, 0.29) is 5.69 Å². The van der Waals surface area contributed by atoms with Crippen molar-refractivity contribution in [2.75, 3.05) is 5.32 Å². The van der Waals surface area contributed by atoms with Crippen molar-refractivity contribution in [1.29, 1.82) is 0 Å². The number of para-hydroxylation sites is 2. The number of rotatable bonds is 2. The Morgan fingerprint density at radius 2 is 1.89 bits per heavy atom. The fraction of sp³-hybridized carbons (Fsp3) is 0.0714. The molecular formula is C14H11F2N3. The maximum atomic E-state index is 13.6. The van der Waals surface area contributed by atoms with Gasteiger partial charge in [0.25, 0.3) is 0 Å². The second-order valence-electron chi connectivity index (χ2n) is 4.23. The van der Waals surface area contributed by atoms with Gasteiger partial charge in [0.1, 0.15) is 11.6 Å². The third-order valence-corrected chi connectivity index (χ3v) is 2.96. The number of aromatic nitrogens is 2. The number of aryl methyl sites for hydroxylation is 1. The highest BCUT2D eigenvalue weighted by molar-refractivity contribution is 5.79. The number of nitrogens with one attached hydrogen (secondary N) is 1. The number of halogens is 2. The summed E-state index contributed by atoms with van der Waals surface area (Å²) in [6, 6.07) is 11.0. The third kappa shape index (κ3) is 2.03. The second-order valence-corrected chi connectivity index (χ2v) is 4.23. The van der Waals surface area contributed by atoms with Crippen LogP contribution < -0.4 is 5.32 Å². The number of hydrogen-bond acceptors (Lipinski definition) is 2. The minimum atomic E-state index is -0.646. The van der Waals surface area contributed by atoms with E-state index in [4.69, 9.17) is 0 Å². The first kappa shape index (κ1) is 11.6. The Labute approximate surface area is 108 Å². The molecule has 0 saturated carbocycles. The molecule has 1 N–H and O–H groups in total. The van der Waals surface area contributed by atoms with Crippen molar-refractivity contribution in [1.82, 2.24) is 9.55 Å². The molecule has 2 aromatic carbocycles. The molecule has 0 fully saturated rings. The van der Waals surface area contributed by atoms with Gasteiger partial charge in [0.05, 0.1) is 16.7 Å². The molecule has 0 radical (unpaired) electrons. The highest BCUT2D eigenvalue weighted by Gasteiger charge is 2.10. The zero-order valence-corrected chi connectivity index (χ0v) is 10.2. The third-order valence-electron chi connectivity index (χ3n) is 2.96. The molecule has 5 heteroatoms. The van der Waals surface area contributed by atoms with Crippen molar-refractivity contribution in [2.24, 2.45) is 7.05 Å². The molecule has 0 unspecified atom stereocenters. The largest absolute Gasteiger partial charge is 0.323 e. The van der Waals surface area contributed by atoms with E-state index in [0.717, 1.165) is 17.1 Å². The summed E-state index contributed by atoms with van der Waals surface area (Å²) >= 11 is 0. The molecule has 1 aromatic heterocycles. The molecule has 3 aromatic rings. The second kappa shape index (κ2) is 4.35. The number of nitrogens with zero attached hydrogens (tertiary/aromatic N) is 2. The number of anilines is 2. The van der Waals surface area contributed by atoms with Crippen molar-refractivity contribution < 1.29 is 8.78 Å². The van der Waals surface area contributed by atoms with Crippen LogP contribution in [0.3, 0.4) is 0 Å². The monoisotopic (exact) mass is 259 g/mol. The van der Waals surface area contributed by atoms with E-state index >= 15 is 0 Å². The summed E-state index contributed by atoms with van der Waals surface area (Å²) in [4.78, 5) is 4.36. The van der Waals surface area contributed by atoms with Gasteiger partial charge in [-0.1, -0.05) is 12.1 Å². The van der Waals surface area contributed by atoms with E-state index in [2.05, 4.69) is 10.3 Å². The number of imidazole rings is 1. The van der Waals surface area contributed by atoms with Crippen molar-refractivity contribution in [2.45, 2.75) is 0 Å². The maximum Gasteiger partial charge on any atom is 0.208 e. The van der Waals surface area contributed by atoms with Crippen LogP contribution in [0.4, 0.5) is 20.4 Å². The predicted octanol–water partition coefficient (Wildman–Crippen LogP) is 3.60. The molecule has 0 amide bonds. The lowest BCUT2D eigenvalue weighted by Crippen LogP contribution is -2.01. The van der Waals surface area contributed by atoms with E-state index in [9.17, 15) is 8.78 Å². The van der Waals surface area contributed by atoms with Gasteiger partial charge in [-0.25, -0.2) is 13.8 Å². The van der Waals surface area contributed by atoms with Gasteiger partial charge >= 0.3 is 0 Å². The molecule has 3 nitrogen and oxygen atoms in total. The summed E-state index contributed by atoms with van der Waals surface area (Å²) in [5.41, 5.74) is 1.95. The lowest BCUT2D eigenvalue weighted by Gasteiger charge is -2.07. The van der Waals surface area contributed by atoms with Gasteiger partial charge in [0.15, 0.2) is 0 Å². The van der Waals surface area contributed by atoms with Gasteiger partial charge in [-0.15, -0.1) is 0 Å². The van der Waals surface area contributed by atoms with Crippen LogP contribution in [0.1, 0.15) is 0 Å². The summed E-state index contributed by atoms with van der Waals surface area (Å²) < 4.78 is 28.2. The predicted molar refractivity (Wildman–Crippen MR) is 70.4 cm³/mol. The SMILES string of the molecule is Cn1c(Nc2ccc(F)cc2F)nc2ccccc21. The van der Waals surface area contributed by atoms with Crippen LogP contribution in [0.25, 0.3) is 11.0 Å². The smallest absolute Gasteiger partial charge is 0.208 e. The standard InChI is InChI=1S/C14H11F2N3/c1-19-13-5-3-2-4-12(13)18-14(19)17-11-7-6-9(15)8-10(11)16/h2-8H,1H3,(H,17,18). The molecule has 0 bridgehead atoms. The molecule has 0 spiro atoms. The number of benzene rings is 2. The molecular weight excluding hydrogens is 248 g/mol. The van der Waals surface area contributed by atoms with E-state index in [1.807, 2.05) is 35.9 Å². The van der Waals surface area contributed by atoms with Crippen LogP contribution >= 0.6 is 0 Å². The van der Waals surface area contributed by atoms with E-state index < -0.39 is 11.6 Å². The summed E-state index contributed by atoms with van der Waals surface area (Å²) in [7, 11) is 1.83. The Hall–Kier alpha value is -2.43. The Bertz CT molecular complexity index is 750. The molecule has 0 aliphatic rings. The van der Waals surface area contributed by atoms with Gasteiger partial charge < -0.3 is 9.88 Å². The van der Waals surface area contributed by atoms with Crippen LogP contribution in [-0.4, -0.2) is 9.55 Å². The van der Waals surface area contributed by atoms with Crippen LogP contribution in [0, 0.1) is 11.6 Å². The zero-order chi connectivity index (χ0) is 13.4. The van der Waals surface area contributed by atoms with Gasteiger partial charge in [-0.2, -0.15) is 0 Å². The van der Waals surface area contributed by atoms with Crippen LogP contribution in [0.15, 0.2) is 42.5 Å². The molecule has 0 aliphatic carbocycles. The summed E-state index contributed by atoms with van der Waals surface area (Å²) in [5.74, 6) is -0.744. The Morgan fingerprint density at radius 3 is 2.63 bits per heavy atom. The molecule has 0 atom stereocenters. The minimum Gasteiger partial charge on any atom is -0.323 e. The average Bonchev–Trinajstić information content (AvgIpc) is 2.70. The maximum absolute atomic E-state index is 13.6. The molecule has 3 rings (SSSR count). The molecule has 1 heterocycles. The van der Waals surface area contributed by atoms with Crippen LogP contribution in [-0.2, 0) is 7.05 Å². The Balaban J connectivity index is 2.03. The first-order valence-corrected chi connectivity index (χ1v) is 5.78. The topological polar surface area (TPSA) is 29.9 Å². The summed E-state index contributed by atoms with van der Waals surface area (Å²) in [5, 5.41) is 2.87. The van der Waals surface area contributed by atoms with Gasteiger partial charge in [-0.3, -0.25) is 0 Å². The van der Waals surface area contributed by atoms with Crippen LogP contribution in [0.5, 0.6) is 0 Å².